The van der Waals surface area contributed by atoms with Gasteiger partial charge in [0.05, 0.1) is 12.0 Å². The largest absolute Gasteiger partial charge is 0.494 e. The van der Waals surface area contributed by atoms with E-state index >= 15 is 0 Å². The molecule has 3 rings (SSSR count). The van der Waals surface area contributed by atoms with E-state index in [0.29, 0.717) is 0 Å². The van der Waals surface area contributed by atoms with Crippen molar-refractivity contribution in [3.05, 3.63) is 54.2 Å². The number of nitrogens with zero attached hydrogens (tertiary/aromatic N) is 1. The zero-order valence-electron chi connectivity index (χ0n) is 14.5. The number of hydrogen-bond donors (Lipinski definition) is 0. The number of methoxy groups -OCH3 is 1. The van der Waals surface area contributed by atoms with Gasteiger partial charge in [-0.2, -0.15) is 13.2 Å². The van der Waals surface area contributed by atoms with Crippen molar-refractivity contribution in [1.29, 1.82) is 0 Å². The summed E-state index contributed by atoms with van der Waals surface area (Å²) in [4.78, 5) is 3.49. The topological polar surface area (TPSA) is 69.4 Å². The number of benzene rings is 2. The summed E-state index contributed by atoms with van der Waals surface area (Å²) in [5.74, 6) is -2.68. The van der Waals surface area contributed by atoms with Crippen molar-refractivity contribution in [3.8, 4) is 28.3 Å². The Labute approximate surface area is 157 Å². The van der Waals surface area contributed by atoms with E-state index in [1.807, 2.05) is 0 Å². The molecule has 0 unspecified atom stereocenters. The van der Waals surface area contributed by atoms with Crippen molar-refractivity contribution in [2.45, 2.75) is 11.1 Å². The highest BCUT2D eigenvalue weighted by molar-refractivity contribution is 7.90. The lowest BCUT2D eigenvalue weighted by Crippen LogP contribution is -2.04. The fourth-order valence-electron chi connectivity index (χ4n) is 2.50. The summed E-state index contributed by atoms with van der Waals surface area (Å²) in [6.07, 6.45) is -3.85. The molecular weight excluding hydrogens is 402 g/mol. The van der Waals surface area contributed by atoms with Gasteiger partial charge in [-0.15, -0.1) is 0 Å². The van der Waals surface area contributed by atoms with Crippen LogP contribution in [0.25, 0.3) is 22.6 Å². The Balaban J connectivity index is 2.18. The zero-order valence-corrected chi connectivity index (χ0v) is 15.4. The van der Waals surface area contributed by atoms with E-state index in [0.717, 1.165) is 12.3 Å². The van der Waals surface area contributed by atoms with E-state index in [1.54, 1.807) is 0 Å². The fourth-order valence-corrected chi connectivity index (χ4v) is 3.13. The normalized spacial score (nSPS) is 12.2. The third-order valence-corrected chi connectivity index (χ3v) is 4.97. The first-order valence-electron chi connectivity index (χ1n) is 7.73. The van der Waals surface area contributed by atoms with Gasteiger partial charge in [-0.1, -0.05) is 12.1 Å². The summed E-state index contributed by atoms with van der Waals surface area (Å²) in [7, 11) is -2.23. The Hall–Kier alpha value is -2.88. The van der Waals surface area contributed by atoms with Crippen LogP contribution in [0.5, 0.6) is 5.75 Å². The molecule has 0 spiro atoms. The van der Waals surface area contributed by atoms with Crippen LogP contribution in [0.2, 0.25) is 0 Å². The molecule has 0 radical (unpaired) electrons. The summed E-state index contributed by atoms with van der Waals surface area (Å²) in [6, 6.07) is 8.63. The summed E-state index contributed by atoms with van der Waals surface area (Å²) in [6.45, 7) is 0. The maximum Gasteiger partial charge on any atom is 0.468 e. The number of hydrogen-bond acceptors (Lipinski definition) is 5. The van der Waals surface area contributed by atoms with Gasteiger partial charge in [0.1, 0.15) is 5.69 Å². The SMILES string of the molecule is COc1ccc(-c2oc(C(F)(F)F)nc2-c2ccc(S(C)(=O)=O)cc2)cc1F. The molecule has 3 aromatic rings. The van der Waals surface area contributed by atoms with Crippen molar-refractivity contribution >= 4 is 9.84 Å². The number of aromatic nitrogens is 1. The molecule has 0 bridgehead atoms. The number of oxazole rings is 1. The van der Waals surface area contributed by atoms with Crippen LogP contribution in [0.3, 0.4) is 0 Å². The lowest BCUT2D eigenvalue weighted by atomic mass is 10.1. The summed E-state index contributed by atoms with van der Waals surface area (Å²) >= 11 is 0. The highest BCUT2D eigenvalue weighted by atomic mass is 32.2. The minimum atomic E-state index is -4.86. The lowest BCUT2D eigenvalue weighted by molar-refractivity contribution is -0.156. The molecule has 0 saturated heterocycles. The first-order chi connectivity index (χ1) is 13.0. The third kappa shape index (κ3) is 3.86. The third-order valence-electron chi connectivity index (χ3n) is 3.84. The van der Waals surface area contributed by atoms with Crippen LogP contribution in [-0.2, 0) is 16.0 Å². The molecule has 0 atom stereocenters. The highest BCUT2D eigenvalue weighted by Gasteiger charge is 2.39. The maximum atomic E-state index is 14.0. The molecule has 148 valence electrons. The first-order valence-corrected chi connectivity index (χ1v) is 9.62. The average Bonchev–Trinajstić information content (AvgIpc) is 3.07. The van der Waals surface area contributed by atoms with E-state index in [4.69, 9.17) is 9.15 Å². The number of rotatable bonds is 4. The van der Waals surface area contributed by atoms with Gasteiger partial charge in [0.25, 0.3) is 0 Å². The monoisotopic (exact) mass is 415 g/mol. The highest BCUT2D eigenvalue weighted by Crippen LogP contribution is 2.39. The molecule has 0 aliphatic carbocycles. The van der Waals surface area contributed by atoms with Crippen LogP contribution < -0.4 is 4.74 Å². The van der Waals surface area contributed by atoms with E-state index < -0.39 is 27.7 Å². The van der Waals surface area contributed by atoms with Gasteiger partial charge < -0.3 is 9.15 Å². The molecule has 0 amide bonds. The summed E-state index contributed by atoms with van der Waals surface area (Å²) in [5, 5.41) is 0. The molecule has 0 fully saturated rings. The van der Waals surface area contributed by atoms with E-state index in [-0.39, 0.29) is 33.2 Å². The standard InChI is InChI=1S/C18H13F4NO4S/c1-26-14-8-5-11(9-13(14)19)16-15(23-17(27-16)18(20,21)22)10-3-6-12(7-4-10)28(2,24)25/h3-9H,1-2H3. The number of halogens is 4. The van der Waals surface area contributed by atoms with Gasteiger partial charge in [0, 0.05) is 17.4 Å². The van der Waals surface area contributed by atoms with Crippen LogP contribution >= 0.6 is 0 Å². The van der Waals surface area contributed by atoms with Crippen molar-refractivity contribution in [2.24, 2.45) is 0 Å². The molecule has 0 aliphatic rings. The predicted octanol–water partition coefficient (Wildman–Crippen LogP) is 4.58. The van der Waals surface area contributed by atoms with Crippen LogP contribution in [0, 0.1) is 5.82 Å². The molecule has 10 heteroatoms. The van der Waals surface area contributed by atoms with Gasteiger partial charge in [-0.05, 0) is 30.3 Å². The molecule has 2 aromatic carbocycles. The Morgan fingerprint density at radius 3 is 2.14 bits per heavy atom. The van der Waals surface area contributed by atoms with Gasteiger partial charge in [-0.3, -0.25) is 0 Å². The Bertz CT molecular complexity index is 1120. The second-order valence-corrected chi connectivity index (χ2v) is 7.86. The van der Waals surface area contributed by atoms with Crippen molar-refractivity contribution in [3.63, 3.8) is 0 Å². The smallest absolute Gasteiger partial charge is 0.468 e. The maximum absolute atomic E-state index is 14.0. The Kier molecular flexibility index (Phi) is 4.92. The molecule has 1 heterocycles. The molecule has 0 aliphatic heterocycles. The average molecular weight is 415 g/mol. The van der Waals surface area contributed by atoms with Gasteiger partial charge >= 0.3 is 12.1 Å². The Morgan fingerprint density at radius 1 is 1.04 bits per heavy atom. The summed E-state index contributed by atoms with van der Waals surface area (Å²) < 4.78 is 86.1. The van der Waals surface area contributed by atoms with Gasteiger partial charge in [0.2, 0.25) is 0 Å². The molecule has 5 nitrogen and oxygen atoms in total. The van der Waals surface area contributed by atoms with Gasteiger partial charge in [-0.25, -0.2) is 17.8 Å². The molecule has 28 heavy (non-hydrogen) atoms. The van der Waals surface area contributed by atoms with Crippen LogP contribution in [0.15, 0.2) is 51.8 Å². The minimum absolute atomic E-state index is 0.00664. The van der Waals surface area contributed by atoms with Crippen LogP contribution in [-0.4, -0.2) is 26.8 Å². The molecule has 0 N–H and O–H groups in total. The van der Waals surface area contributed by atoms with Crippen LogP contribution in [0.1, 0.15) is 5.89 Å². The quantitative estimate of drug-likeness (QED) is 0.584. The number of ether oxygens (including phenoxy) is 1. The second kappa shape index (κ2) is 6.93. The number of alkyl halides is 3. The predicted molar refractivity (Wildman–Crippen MR) is 92.0 cm³/mol. The summed E-state index contributed by atoms with van der Waals surface area (Å²) in [5.41, 5.74) is -0.00157. The Morgan fingerprint density at radius 2 is 1.64 bits per heavy atom. The first kappa shape index (κ1) is 19.9. The molecule has 1 aromatic heterocycles. The second-order valence-electron chi connectivity index (χ2n) is 5.84. The van der Waals surface area contributed by atoms with E-state index in [1.165, 1.54) is 43.5 Å². The molecular formula is C18H13F4NO4S. The van der Waals surface area contributed by atoms with Gasteiger partial charge in [0.15, 0.2) is 27.2 Å². The van der Waals surface area contributed by atoms with Crippen molar-refractivity contribution in [2.75, 3.05) is 13.4 Å². The van der Waals surface area contributed by atoms with E-state index in [2.05, 4.69) is 4.98 Å². The zero-order chi connectivity index (χ0) is 20.7. The van der Waals surface area contributed by atoms with Crippen molar-refractivity contribution in [1.82, 2.24) is 4.98 Å². The van der Waals surface area contributed by atoms with Crippen LogP contribution in [0.4, 0.5) is 17.6 Å². The van der Waals surface area contributed by atoms with E-state index in [9.17, 15) is 26.0 Å². The fraction of sp³-hybridized carbons (Fsp3) is 0.167. The van der Waals surface area contributed by atoms with Crippen molar-refractivity contribution < 1.29 is 35.1 Å². The lowest BCUT2D eigenvalue weighted by Gasteiger charge is -2.05. The molecule has 0 saturated carbocycles. The minimum Gasteiger partial charge on any atom is -0.494 e. The number of sulfone groups is 1.